The summed E-state index contributed by atoms with van der Waals surface area (Å²) in [5.74, 6) is 2.51. The Morgan fingerprint density at radius 3 is 2.68 bits per heavy atom. The van der Waals surface area contributed by atoms with E-state index in [0.29, 0.717) is 6.04 Å². The first-order valence-electron chi connectivity index (χ1n) is 13.0. The fraction of sp³-hybridized carbons (Fsp3) is 0.300. The van der Waals surface area contributed by atoms with Crippen LogP contribution < -0.4 is 10.6 Å². The van der Waals surface area contributed by atoms with Gasteiger partial charge in [-0.25, -0.2) is 15.0 Å². The van der Waals surface area contributed by atoms with Gasteiger partial charge < -0.3 is 15.2 Å². The van der Waals surface area contributed by atoms with Gasteiger partial charge in [0.25, 0.3) is 0 Å². The quantitative estimate of drug-likeness (QED) is 0.230. The van der Waals surface area contributed by atoms with Crippen LogP contribution in [0.15, 0.2) is 73.2 Å². The zero-order valence-electron chi connectivity index (χ0n) is 21.0. The van der Waals surface area contributed by atoms with Crippen molar-refractivity contribution in [3.8, 4) is 0 Å². The number of aromatic nitrogens is 4. The van der Waals surface area contributed by atoms with E-state index in [9.17, 15) is 0 Å². The maximum Gasteiger partial charge on any atom is 0.145 e. The Labute approximate surface area is 222 Å². The van der Waals surface area contributed by atoms with Crippen molar-refractivity contribution >= 4 is 45.2 Å². The summed E-state index contributed by atoms with van der Waals surface area (Å²) in [6.45, 7) is 0.719. The Morgan fingerprint density at radius 1 is 0.973 bits per heavy atom. The number of pyridine rings is 1. The van der Waals surface area contributed by atoms with E-state index in [-0.39, 0.29) is 0 Å². The third-order valence-corrected chi connectivity index (χ3v) is 7.89. The van der Waals surface area contributed by atoms with E-state index in [1.807, 2.05) is 37.4 Å². The maximum atomic E-state index is 6.00. The molecule has 5 aromatic rings. The summed E-state index contributed by atoms with van der Waals surface area (Å²) in [6, 6.07) is 21.4. The van der Waals surface area contributed by atoms with E-state index in [1.54, 1.807) is 6.33 Å². The molecule has 3 aromatic heterocycles. The van der Waals surface area contributed by atoms with Crippen molar-refractivity contribution in [2.75, 3.05) is 17.7 Å². The SMILES string of the molecule is CNc1ncnc2c1ccn2C1CCC(CCc2ccc3ccc(NCc4ccc(Cl)cc4)nc3c2)C1. The third-order valence-electron chi connectivity index (χ3n) is 7.64. The molecule has 1 aliphatic rings. The molecule has 2 unspecified atom stereocenters. The van der Waals surface area contributed by atoms with Crippen molar-refractivity contribution in [3.63, 3.8) is 0 Å². The van der Waals surface area contributed by atoms with Gasteiger partial charge in [-0.3, -0.25) is 0 Å². The normalized spacial score (nSPS) is 17.5. The molecule has 6 nitrogen and oxygen atoms in total. The second-order valence-corrected chi connectivity index (χ2v) is 10.4. The Kier molecular flexibility index (Phi) is 6.66. The van der Waals surface area contributed by atoms with Gasteiger partial charge >= 0.3 is 0 Å². The molecule has 0 saturated heterocycles. The van der Waals surface area contributed by atoms with Gasteiger partial charge in [-0.2, -0.15) is 0 Å². The molecule has 3 heterocycles. The Balaban J connectivity index is 1.09. The van der Waals surface area contributed by atoms with Gasteiger partial charge in [0.2, 0.25) is 0 Å². The largest absolute Gasteiger partial charge is 0.372 e. The molecular weight excluding hydrogens is 480 g/mol. The van der Waals surface area contributed by atoms with Gasteiger partial charge in [-0.05, 0) is 85.5 Å². The molecule has 6 rings (SSSR count). The number of benzene rings is 2. The molecule has 7 heteroatoms. The number of halogens is 1. The first-order chi connectivity index (χ1) is 18.2. The van der Waals surface area contributed by atoms with Gasteiger partial charge in [-0.1, -0.05) is 35.9 Å². The van der Waals surface area contributed by atoms with Crippen molar-refractivity contribution in [2.45, 2.75) is 44.7 Å². The fourth-order valence-corrected chi connectivity index (χ4v) is 5.74. The molecule has 1 saturated carbocycles. The number of nitrogens with one attached hydrogen (secondary N) is 2. The van der Waals surface area contributed by atoms with E-state index in [2.05, 4.69) is 61.7 Å². The van der Waals surface area contributed by atoms with E-state index in [4.69, 9.17) is 16.6 Å². The number of nitrogens with zero attached hydrogens (tertiary/aromatic N) is 4. The van der Waals surface area contributed by atoms with Crippen LogP contribution >= 0.6 is 11.6 Å². The van der Waals surface area contributed by atoms with E-state index < -0.39 is 0 Å². The number of aryl methyl sites for hydroxylation is 1. The summed E-state index contributed by atoms with van der Waals surface area (Å²) in [5.41, 5.74) is 4.61. The fourth-order valence-electron chi connectivity index (χ4n) is 5.61. The summed E-state index contributed by atoms with van der Waals surface area (Å²) < 4.78 is 2.36. The minimum Gasteiger partial charge on any atom is -0.372 e. The van der Waals surface area contributed by atoms with Gasteiger partial charge in [0.1, 0.15) is 23.6 Å². The Hall–Kier alpha value is -3.64. The summed E-state index contributed by atoms with van der Waals surface area (Å²) in [7, 11) is 1.91. The van der Waals surface area contributed by atoms with Crippen LogP contribution in [0.2, 0.25) is 5.02 Å². The van der Waals surface area contributed by atoms with E-state index in [0.717, 1.165) is 52.1 Å². The number of anilines is 2. The van der Waals surface area contributed by atoms with Crippen LogP contribution in [0.3, 0.4) is 0 Å². The monoisotopic (exact) mass is 510 g/mol. The molecule has 0 amide bonds. The van der Waals surface area contributed by atoms with Crippen LogP contribution in [0.25, 0.3) is 21.9 Å². The topological polar surface area (TPSA) is 67.7 Å². The summed E-state index contributed by atoms with van der Waals surface area (Å²) in [4.78, 5) is 13.8. The van der Waals surface area contributed by atoms with Gasteiger partial charge in [0.05, 0.1) is 10.9 Å². The lowest BCUT2D eigenvalue weighted by molar-refractivity contribution is 0.461. The average Bonchev–Trinajstić information content (AvgIpc) is 3.58. The highest BCUT2D eigenvalue weighted by molar-refractivity contribution is 6.30. The molecule has 0 bridgehead atoms. The lowest BCUT2D eigenvalue weighted by Gasteiger charge is -2.15. The van der Waals surface area contributed by atoms with E-state index >= 15 is 0 Å². The van der Waals surface area contributed by atoms with Crippen LogP contribution in [0.1, 0.15) is 42.9 Å². The lowest BCUT2D eigenvalue weighted by atomic mass is 9.97. The van der Waals surface area contributed by atoms with Crippen molar-refractivity contribution in [1.29, 1.82) is 0 Å². The number of hydrogen-bond acceptors (Lipinski definition) is 5. The van der Waals surface area contributed by atoms with Crippen molar-refractivity contribution < 1.29 is 0 Å². The van der Waals surface area contributed by atoms with Crippen LogP contribution in [-0.2, 0) is 13.0 Å². The summed E-state index contributed by atoms with van der Waals surface area (Å²) in [6.07, 6.45) is 9.79. The highest BCUT2D eigenvalue weighted by Crippen LogP contribution is 2.39. The molecule has 0 radical (unpaired) electrons. The van der Waals surface area contributed by atoms with E-state index in [1.165, 1.54) is 42.2 Å². The molecule has 0 aliphatic heterocycles. The smallest absolute Gasteiger partial charge is 0.145 e. The summed E-state index contributed by atoms with van der Waals surface area (Å²) in [5, 5.41) is 9.63. The molecule has 188 valence electrons. The second-order valence-electron chi connectivity index (χ2n) is 10.0. The predicted molar refractivity (Wildman–Crippen MR) is 152 cm³/mol. The average molecular weight is 511 g/mol. The van der Waals surface area contributed by atoms with Crippen LogP contribution in [0.5, 0.6) is 0 Å². The second kappa shape index (κ2) is 10.4. The highest BCUT2D eigenvalue weighted by Gasteiger charge is 2.27. The number of rotatable bonds is 8. The molecule has 1 fully saturated rings. The molecule has 2 atom stereocenters. The maximum absolute atomic E-state index is 6.00. The minimum atomic E-state index is 0.509. The highest BCUT2D eigenvalue weighted by atomic mass is 35.5. The molecule has 0 spiro atoms. The van der Waals surface area contributed by atoms with Crippen LogP contribution in [0.4, 0.5) is 11.6 Å². The van der Waals surface area contributed by atoms with Crippen LogP contribution in [-0.4, -0.2) is 26.6 Å². The Bertz CT molecular complexity index is 1530. The zero-order chi connectivity index (χ0) is 25.2. The first kappa shape index (κ1) is 23.7. The predicted octanol–water partition coefficient (Wildman–Crippen LogP) is 7.26. The Morgan fingerprint density at radius 2 is 1.81 bits per heavy atom. The number of fused-ring (bicyclic) bond motifs is 2. The summed E-state index contributed by atoms with van der Waals surface area (Å²) >= 11 is 6.00. The van der Waals surface area contributed by atoms with Crippen LogP contribution in [0, 0.1) is 5.92 Å². The van der Waals surface area contributed by atoms with Gasteiger partial charge in [0, 0.05) is 36.2 Å². The molecule has 1 aliphatic carbocycles. The zero-order valence-corrected chi connectivity index (χ0v) is 21.7. The van der Waals surface area contributed by atoms with Crippen molar-refractivity contribution in [3.05, 3.63) is 89.3 Å². The molecule has 2 aromatic carbocycles. The van der Waals surface area contributed by atoms with Crippen molar-refractivity contribution in [1.82, 2.24) is 19.5 Å². The van der Waals surface area contributed by atoms with Crippen molar-refractivity contribution in [2.24, 2.45) is 5.92 Å². The molecule has 2 N–H and O–H groups in total. The van der Waals surface area contributed by atoms with Gasteiger partial charge in [0.15, 0.2) is 0 Å². The molecule has 37 heavy (non-hydrogen) atoms. The first-order valence-corrected chi connectivity index (χ1v) is 13.4. The molecular formula is C30H31ClN6. The minimum absolute atomic E-state index is 0.509. The van der Waals surface area contributed by atoms with Gasteiger partial charge in [-0.15, -0.1) is 0 Å². The number of hydrogen-bond donors (Lipinski definition) is 2. The lowest BCUT2D eigenvalue weighted by Crippen LogP contribution is -2.06. The third kappa shape index (κ3) is 5.12. The standard InChI is InChI=1S/C30H31ClN6/c1-32-29-26-14-15-37(30(26)35-19-34-29)25-12-7-20(16-25)2-3-21-4-8-23-9-13-28(36-27(23)17-21)33-18-22-5-10-24(31)11-6-22/h4-6,8-11,13-15,17,19-20,25H,2-3,7,12,16,18H2,1H3,(H,33,36)(H,32,34,35).